The lowest BCUT2D eigenvalue weighted by atomic mass is 10.1. The van der Waals surface area contributed by atoms with Crippen LogP contribution < -0.4 is 10.6 Å². The minimum atomic E-state index is -1.30. The molecule has 4 rings (SSSR count). The van der Waals surface area contributed by atoms with E-state index in [0.717, 1.165) is 5.56 Å². The largest absolute Gasteiger partial charge is 0.326 e. The topological polar surface area (TPSA) is 58.2 Å². The van der Waals surface area contributed by atoms with Gasteiger partial charge in [-0.25, -0.2) is 0 Å². The number of hydrogen-bond acceptors (Lipinski definition) is 3. The summed E-state index contributed by atoms with van der Waals surface area (Å²) in [5.74, 6) is -1.76. The number of alkyl halides is 2. The van der Waals surface area contributed by atoms with Crippen molar-refractivity contribution >= 4 is 75.4 Å². The van der Waals surface area contributed by atoms with Gasteiger partial charge in [-0.05, 0) is 47.5 Å². The Balaban J connectivity index is 1.42. The summed E-state index contributed by atoms with van der Waals surface area (Å²) in [4.78, 5) is 25.7. The minimum Gasteiger partial charge on any atom is -0.326 e. The number of benzene rings is 3. The van der Waals surface area contributed by atoms with E-state index < -0.39 is 16.2 Å². The molecule has 9 heteroatoms. The SMILES string of the molecule is O=C(CNCc1ccccc1)c1cc(NC(=O)C2C(c3cc(Cl)cc(Cl)c3)C2(Cl)Cl)ccc1Cl. The van der Waals surface area contributed by atoms with E-state index in [2.05, 4.69) is 10.6 Å². The summed E-state index contributed by atoms with van der Waals surface area (Å²) in [7, 11) is 0. The molecule has 0 aromatic heterocycles. The van der Waals surface area contributed by atoms with E-state index in [0.29, 0.717) is 38.4 Å². The fraction of sp³-hybridized carbons (Fsp3) is 0.200. The second kappa shape index (κ2) is 10.4. The zero-order valence-electron chi connectivity index (χ0n) is 17.6. The van der Waals surface area contributed by atoms with Crippen molar-refractivity contribution in [2.24, 2.45) is 5.92 Å². The fourth-order valence-corrected chi connectivity index (χ4v) is 5.46. The number of Topliss-reactive ketones (excluding diaryl/α,β-unsaturated/α-hetero) is 1. The quantitative estimate of drug-likeness (QED) is 0.229. The van der Waals surface area contributed by atoms with Crippen molar-refractivity contribution in [1.82, 2.24) is 5.32 Å². The Labute approximate surface area is 222 Å². The molecular formula is C25H19Cl5N2O2. The molecule has 34 heavy (non-hydrogen) atoms. The first-order valence-electron chi connectivity index (χ1n) is 10.4. The molecule has 2 unspecified atom stereocenters. The van der Waals surface area contributed by atoms with Crippen LogP contribution in [-0.2, 0) is 11.3 Å². The Morgan fingerprint density at radius 3 is 2.24 bits per heavy atom. The predicted octanol–water partition coefficient (Wildman–Crippen LogP) is 7.15. The predicted molar refractivity (Wildman–Crippen MR) is 140 cm³/mol. The number of hydrogen-bond donors (Lipinski definition) is 2. The maximum atomic E-state index is 13.0. The van der Waals surface area contributed by atoms with Crippen LogP contribution in [0.15, 0.2) is 66.7 Å². The third-order valence-corrected chi connectivity index (χ3v) is 7.28. The highest BCUT2D eigenvalue weighted by atomic mass is 35.5. The van der Waals surface area contributed by atoms with Crippen LogP contribution in [0.3, 0.4) is 0 Å². The monoisotopic (exact) mass is 554 g/mol. The lowest BCUT2D eigenvalue weighted by molar-refractivity contribution is -0.117. The summed E-state index contributed by atoms with van der Waals surface area (Å²) in [6.45, 7) is 0.642. The molecule has 1 aliphatic carbocycles. The van der Waals surface area contributed by atoms with Crippen LogP contribution in [0, 0.1) is 5.92 Å². The van der Waals surface area contributed by atoms with E-state index in [9.17, 15) is 9.59 Å². The second-order valence-corrected chi connectivity index (χ2v) is 10.8. The first-order valence-corrected chi connectivity index (χ1v) is 12.3. The van der Waals surface area contributed by atoms with Gasteiger partial charge >= 0.3 is 0 Å². The first kappa shape index (κ1) is 25.3. The highest BCUT2D eigenvalue weighted by Gasteiger charge is 2.67. The summed E-state index contributed by atoms with van der Waals surface area (Å²) in [6, 6.07) is 19.4. The van der Waals surface area contributed by atoms with E-state index in [1.165, 1.54) is 0 Å². The van der Waals surface area contributed by atoms with Crippen LogP contribution in [0.5, 0.6) is 0 Å². The van der Waals surface area contributed by atoms with Crippen LogP contribution in [-0.4, -0.2) is 22.6 Å². The lowest BCUT2D eigenvalue weighted by Gasteiger charge is -2.10. The number of amides is 1. The van der Waals surface area contributed by atoms with Gasteiger partial charge < -0.3 is 10.6 Å². The standard InChI is InChI=1S/C25H19Cl5N2O2/c26-16-8-15(9-17(27)10-16)22-23(25(22,29)30)24(34)32-18-6-7-20(28)19(11-18)21(33)13-31-12-14-4-2-1-3-5-14/h1-11,22-23,31H,12-13H2,(H,32,34). The smallest absolute Gasteiger partial charge is 0.231 e. The van der Waals surface area contributed by atoms with Gasteiger partial charge in [0.15, 0.2) is 5.78 Å². The van der Waals surface area contributed by atoms with E-state index in [-0.39, 0.29) is 18.2 Å². The molecule has 1 aliphatic rings. The Morgan fingerprint density at radius 2 is 1.56 bits per heavy atom. The maximum absolute atomic E-state index is 13.0. The van der Waals surface area contributed by atoms with Gasteiger partial charge in [0.25, 0.3) is 0 Å². The van der Waals surface area contributed by atoms with Crippen LogP contribution in [0.1, 0.15) is 27.4 Å². The minimum absolute atomic E-state index is 0.0959. The number of anilines is 1. The first-order chi connectivity index (χ1) is 16.2. The number of ketones is 1. The van der Waals surface area contributed by atoms with Gasteiger partial charge in [0.2, 0.25) is 5.91 Å². The number of nitrogens with one attached hydrogen (secondary N) is 2. The van der Waals surface area contributed by atoms with Crippen molar-refractivity contribution in [2.75, 3.05) is 11.9 Å². The van der Waals surface area contributed by atoms with Gasteiger partial charge in [-0.15, -0.1) is 23.2 Å². The Morgan fingerprint density at radius 1 is 0.882 bits per heavy atom. The Bertz CT molecular complexity index is 1210. The van der Waals surface area contributed by atoms with Gasteiger partial charge in [-0.2, -0.15) is 0 Å². The van der Waals surface area contributed by atoms with Crippen LogP contribution in [0.25, 0.3) is 0 Å². The number of carbonyl (C=O) groups is 2. The second-order valence-electron chi connectivity index (χ2n) is 8.03. The molecule has 2 atom stereocenters. The van der Waals surface area contributed by atoms with Gasteiger partial charge in [-0.1, -0.05) is 65.1 Å². The Hall–Kier alpha value is -1.79. The van der Waals surface area contributed by atoms with Gasteiger partial charge in [0.05, 0.1) is 17.5 Å². The van der Waals surface area contributed by atoms with E-state index in [4.69, 9.17) is 58.0 Å². The maximum Gasteiger partial charge on any atom is 0.231 e. The van der Waals surface area contributed by atoms with Crippen molar-refractivity contribution < 1.29 is 9.59 Å². The van der Waals surface area contributed by atoms with Gasteiger partial charge in [-0.3, -0.25) is 9.59 Å². The zero-order valence-corrected chi connectivity index (χ0v) is 21.4. The van der Waals surface area contributed by atoms with Crippen molar-refractivity contribution in [3.63, 3.8) is 0 Å². The number of rotatable bonds is 8. The van der Waals surface area contributed by atoms with Crippen molar-refractivity contribution in [1.29, 1.82) is 0 Å². The van der Waals surface area contributed by atoms with E-state index >= 15 is 0 Å². The third kappa shape index (κ3) is 5.71. The summed E-state index contributed by atoms with van der Waals surface area (Å²) < 4.78 is -1.30. The lowest BCUT2D eigenvalue weighted by Crippen LogP contribution is -2.23. The van der Waals surface area contributed by atoms with Crippen molar-refractivity contribution in [3.8, 4) is 0 Å². The molecule has 3 aromatic rings. The average molecular weight is 557 g/mol. The molecule has 4 nitrogen and oxygen atoms in total. The number of halogens is 5. The average Bonchev–Trinajstić information content (AvgIpc) is 3.37. The van der Waals surface area contributed by atoms with Crippen molar-refractivity contribution in [3.05, 3.63) is 98.5 Å². The summed E-state index contributed by atoms with van der Waals surface area (Å²) in [6.07, 6.45) is 0. The highest BCUT2D eigenvalue weighted by molar-refractivity contribution is 6.53. The summed E-state index contributed by atoms with van der Waals surface area (Å²) in [5.41, 5.74) is 2.46. The molecule has 0 bridgehead atoms. The molecule has 1 fully saturated rings. The normalized spacial score (nSPS) is 18.4. The molecular weight excluding hydrogens is 538 g/mol. The van der Waals surface area contributed by atoms with Gasteiger partial charge in [0.1, 0.15) is 4.33 Å². The molecule has 3 aromatic carbocycles. The molecule has 176 valence electrons. The molecule has 2 N–H and O–H groups in total. The molecule has 1 amide bonds. The zero-order chi connectivity index (χ0) is 24.5. The van der Waals surface area contributed by atoms with Crippen LogP contribution in [0.2, 0.25) is 15.1 Å². The molecule has 0 saturated heterocycles. The molecule has 1 saturated carbocycles. The highest BCUT2D eigenvalue weighted by Crippen LogP contribution is 2.65. The van der Waals surface area contributed by atoms with Gasteiger partial charge in [0, 0.05) is 33.8 Å². The van der Waals surface area contributed by atoms with Crippen LogP contribution >= 0.6 is 58.0 Å². The molecule has 0 heterocycles. The molecule has 0 radical (unpaired) electrons. The van der Waals surface area contributed by atoms with E-state index in [1.54, 1.807) is 36.4 Å². The van der Waals surface area contributed by atoms with Crippen molar-refractivity contribution in [2.45, 2.75) is 16.8 Å². The summed E-state index contributed by atoms with van der Waals surface area (Å²) in [5, 5.41) is 7.05. The summed E-state index contributed by atoms with van der Waals surface area (Å²) >= 11 is 31.3. The Kier molecular flexibility index (Phi) is 7.78. The molecule has 0 spiro atoms. The van der Waals surface area contributed by atoms with Crippen LogP contribution in [0.4, 0.5) is 5.69 Å². The number of carbonyl (C=O) groups excluding carboxylic acids is 2. The third-order valence-electron chi connectivity index (χ3n) is 5.57. The molecule has 0 aliphatic heterocycles. The fourth-order valence-electron chi connectivity index (χ4n) is 3.87. The van der Waals surface area contributed by atoms with E-state index in [1.807, 2.05) is 30.3 Å².